The molecule has 0 aliphatic carbocycles. The summed E-state index contributed by atoms with van der Waals surface area (Å²) in [6, 6.07) is 8.13. The second-order valence-electron chi connectivity index (χ2n) is 5.74. The molecule has 0 saturated carbocycles. The van der Waals surface area contributed by atoms with Crippen molar-refractivity contribution in [2.24, 2.45) is 14.1 Å². The molecule has 0 radical (unpaired) electrons. The van der Waals surface area contributed by atoms with E-state index >= 15 is 0 Å². The van der Waals surface area contributed by atoms with E-state index in [1.807, 2.05) is 39.3 Å². The molecule has 4 rings (SSSR count). The molecule has 0 unspecified atom stereocenters. The van der Waals surface area contributed by atoms with Crippen molar-refractivity contribution in [2.45, 2.75) is 6.54 Å². The highest BCUT2D eigenvalue weighted by molar-refractivity contribution is 9.10. The fourth-order valence-corrected chi connectivity index (χ4v) is 3.53. The van der Waals surface area contributed by atoms with E-state index in [-0.39, 0.29) is 0 Å². The van der Waals surface area contributed by atoms with Gasteiger partial charge in [-0.15, -0.1) is 0 Å². The predicted molar refractivity (Wildman–Crippen MR) is 96.8 cm³/mol. The van der Waals surface area contributed by atoms with Gasteiger partial charge in [-0.2, -0.15) is 5.10 Å². The lowest BCUT2D eigenvalue weighted by molar-refractivity contribution is 0.768. The molecule has 0 saturated heterocycles. The first-order chi connectivity index (χ1) is 11.6. The Labute approximate surface area is 147 Å². The number of anilines is 1. The Morgan fingerprint density at radius 3 is 2.75 bits per heavy atom. The summed E-state index contributed by atoms with van der Waals surface area (Å²) < 4.78 is 4.60. The van der Waals surface area contributed by atoms with Crippen LogP contribution in [0.5, 0.6) is 0 Å². The molecule has 7 nitrogen and oxygen atoms in total. The number of hydrogen-bond acceptors (Lipinski definition) is 5. The van der Waals surface area contributed by atoms with Gasteiger partial charge in [0.25, 0.3) is 0 Å². The Morgan fingerprint density at radius 1 is 1.17 bits per heavy atom. The minimum absolute atomic E-state index is 0.638. The largest absolute Gasteiger partial charge is 0.351 e. The number of para-hydroxylation sites is 2. The number of benzene rings is 1. The third-order valence-electron chi connectivity index (χ3n) is 4.18. The van der Waals surface area contributed by atoms with E-state index in [2.05, 4.69) is 46.5 Å². The molecule has 0 bridgehead atoms. The molecule has 0 atom stereocenters. The average molecular weight is 386 g/mol. The minimum atomic E-state index is 0.638. The molecule has 0 amide bonds. The second kappa shape index (κ2) is 5.55. The summed E-state index contributed by atoms with van der Waals surface area (Å²) in [5, 5.41) is 5.28. The number of aryl methyl sites for hydroxylation is 2. The summed E-state index contributed by atoms with van der Waals surface area (Å²) in [7, 11) is 5.91. The molecular formula is C16H16BrN7. The highest BCUT2D eigenvalue weighted by Gasteiger charge is 2.18. The molecule has 0 fully saturated rings. The van der Waals surface area contributed by atoms with E-state index in [0.717, 1.165) is 38.3 Å². The number of rotatable bonds is 3. The second-order valence-corrected chi connectivity index (χ2v) is 6.49. The van der Waals surface area contributed by atoms with E-state index in [0.29, 0.717) is 6.54 Å². The number of imidazole rings is 1. The SMILES string of the molecule is CN(Cc1nc2ccccc2n1C)c1ncnc2c1c(Br)nn2C. The third kappa shape index (κ3) is 2.25. The lowest BCUT2D eigenvalue weighted by Crippen LogP contribution is -2.20. The van der Waals surface area contributed by atoms with Crippen LogP contribution in [-0.2, 0) is 20.6 Å². The fraction of sp³-hybridized carbons (Fsp3) is 0.250. The Balaban J connectivity index is 1.76. The smallest absolute Gasteiger partial charge is 0.164 e. The summed E-state index contributed by atoms with van der Waals surface area (Å²) in [6.45, 7) is 0.638. The zero-order chi connectivity index (χ0) is 16.8. The summed E-state index contributed by atoms with van der Waals surface area (Å²) in [5.74, 6) is 1.80. The van der Waals surface area contributed by atoms with Gasteiger partial charge in [-0.05, 0) is 28.1 Å². The van der Waals surface area contributed by atoms with Crippen LogP contribution in [0.1, 0.15) is 5.82 Å². The Morgan fingerprint density at radius 2 is 1.96 bits per heavy atom. The molecule has 0 aliphatic rings. The van der Waals surface area contributed by atoms with Crippen LogP contribution in [-0.4, -0.2) is 36.3 Å². The molecule has 0 N–H and O–H groups in total. The van der Waals surface area contributed by atoms with Gasteiger partial charge in [-0.25, -0.2) is 19.6 Å². The maximum absolute atomic E-state index is 4.73. The summed E-state index contributed by atoms with van der Waals surface area (Å²) in [6.07, 6.45) is 1.57. The van der Waals surface area contributed by atoms with Gasteiger partial charge < -0.3 is 9.47 Å². The maximum atomic E-state index is 4.73. The minimum Gasteiger partial charge on any atom is -0.351 e. The number of hydrogen-bond donors (Lipinski definition) is 0. The van der Waals surface area contributed by atoms with Crippen LogP contribution in [0.3, 0.4) is 0 Å². The van der Waals surface area contributed by atoms with Crippen molar-refractivity contribution in [1.82, 2.24) is 29.3 Å². The zero-order valence-corrected chi connectivity index (χ0v) is 15.2. The lowest BCUT2D eigenvalue weighted by atomic mass is 10.3. The van der Waals surface area contributed by atoms with Gasteiger partial charge in [-0.1, -0.05) is 12.1 Å². The van der Waals surface area contributed by atoms with E-state index in [4.69, 9.17) is 4.98 Å². The number of fused-ring (bicyclic) bond motifs is 2. The van der Waals surface area contributed by atoms with E-state index < -0.39 is 0 Å². The first-order valence-electron chi connectivity index (χ1n) is 7.51. The van der Waals surface area contributed by atoms with Crippen LogP contribution >= 0.6 is 15.9 Å². The van der Waals surface area contributed by atoms with Gasteiger partial charge >= 0.3 is 0 Å². The first-order valence-corrected chi connectivity index (χ1v) is 8.30. The van der Waals surface area contributed by atoms with Crippen molar-refractivity contribution in [3.63, 3.8) is 0 Å². The molecule has 0 spiro atoms. The molecule has 24 heavy (non-hydrogen) atoms. The Hall–Kier alpha value is -2.48. The summed E-state index contributed by atoms with van der Waals surface area (Å²) in [4.78, 5) is 15.6. The maximum Gasteiger partial charge on any atom is 0.164 e. The van der Waals surface area contributed by atoms with Crippen molar-refractivity contribution in [3.8, 4) is 0 Å². The third-order valence-corrected chi connectivity index (χ3v) is 4.73. The number of nitrogens with zero attached hydrogens (tertiary/aromatic N) is 7. The Kier molecular flexibility index (Phi) is 3.49. The quantitative estimate of drug-likeness (QED) is 0.542. The highest BCUT2D eigenvalue weighted by Crippen LogP contribution is 2.29. The van der Waals surface area contributed by atoms with Crippen molar-refractivity contribution in [3.05, 3.63) is 41.0 Å². The van der Waals surface area contributed by atoms with Crippen molar-refractivity contribution < 1.29 is 0 Å². The van der Waals surface area contributed by atoms with Crippen LogP contribution in [0, 0.1) is 0 Å². The molecule has 3 aromatic heterocycles. The molecule has 8 heteroatoms. The van der Waals surface area contributed by atoms with Crippen LogP contribution in [0.25, 0.3) is 22.1 Å². The van der Waals surface area contributed by atoms with Gasteiger partial charge in [0.15, 0.2) is 5.65 Å². The molecular weight excluding hydrogens is 370 g/mol. The molecule has 3 heterocycles. The van der Waals surface area contributed by atoms with Crippen molar-refractivity contribution in [1.29, 1.82) is 0 Å². The number of aromatic nitrogens is 6. The van der Waals surface area contributed by atoms with Crippen molar-refractivity contribution in [2.75, 3.05) is 11.9 Å². The normalized spacial score (nSPS) is 11.5. The molecule has 4 aromatic rings. The topological polar surface area (TPSA) is 64.7 Å². The van der Waals surface area contributed by atoms with Crippen LogP contribution < -0.4 is 4.90 Å². The van der Waals surface area contributed by atoms with Crippen LogP contribution in [0.2, 0.25) is 0 Å². The van der Waals surface area contributed by atoms with Gasteiger partial charge in [0.2, 0.25) is 0 Å². The molecule has 122 valence electrons. The average Bonchev–Trinajstić information content (AvgIpc) is 3.05. The fourth-order valence-electron chi connectivity index (χ4n) is 2.94. The summed E-state index contributed by atoms with van der Waals surface area (Å²) >= 11 is 3.51. The van der Waals surface area contributed by atoms with Crippen LogP contribution in [0.15, 0.2) is 35.2 Å². The van der Waals surface area contributed by atoms with Crippen molar-refractivity contribution >= 4 is 43.8 Å². The van der Waals surface area contributed by atoms with E-state index in [1.54, 1.807) is 11.0 Å². The van der Waals surface area contributed by atoms with Gasteiger partial charge in [0.1, 0.15) is 22.6 Å². The zero-order valence-electron chi connectivity index (χ0n) is 13.6. The lowest BCUT2D eigenvalue weighted by Gasteiger charge is -2.18. The predicted octanol–water partition coefficient (Wildman–Crippen LogP) is 2.65. The molecule has 1 aromatic carbocycles. The van der Waals surface area contributed by atoms with Gasteiger partial charge in [0, 0.05) is 21.1 Å². The van der Waals surface area contributed by atoms with Crippen LogP contribution in [0.4, 0.5) is 5.82 Å². The van der Waals surface area contributed by atoms with Gasteiger partial charge in [0.05, 0.1) is 23.0 Å². The monoisotopic (exact) mass is 385 g/mol. The Bertz CT molecular complexity index is 1050. The first kappa shape index (κ1) is 15.1. The summed E-state index contributed by atoms with van der Waals surface area (Å²) in [5.41, 5.74) is 2.92. The van der Waals surface area contributed by atoms with E-state index in [9.17, 15) is 0 Å². The van der Waals surface area contributed by atoms with Gasteiger partial charge in [-0.3, -0.25) is 0 Å². The highest BCUT2D eigenvalue weighted by atomic mass is 79.9. The standard InChI is InChI=1S/C16H16BrN7/c1-22(8-12-20-10-6-4-5-7-11(10)23(12)2)15-13-14(17)21-24(3)16(13)19-9-18-15/h4-7,9H,8H2,1-3H3. The van der Waals surface area contributed by atoms with E-state index in [1.165, 1.54) is 0 Å². The molecule has 0 aliphatic heterocycles. The number of halogens is 1.